The lowest BCUT2D eigenvalue weighted by molar-refractivity contribution is 0.0869. The van der Waals surface area contributed by atoms with Crippen molar-refractivity contribution in [3.05, 3.63) is 54.6 Å². The van der Waals surface area contributed by atoms with E-state index in [9.17, 15) is 0 Å². The zero-order valence-corrected chi connectivity index (χ0v) is 22.6. The van der Waals surface area contributed by atoms with Gasteiger partial charge in [-0.2, -0.15) is 9.97 Å². The Hall–Kier alpha value is -3.08. The average molecular weight is 516 g/mol. The van der Waals surface area contributed by atoms with Crippen molar-refractivity contribution < 1.29 is 0 Å². The van der Waals surface area contributed by atoms with Crippen molar-refractivity contribution in [1.82, 2.24) is 14.5 Å². The molecule has 8 fully saturated rings. The Morgan fingerprint density at radius 1 is 0.487 bits per heavy atom. The van der Waals surface area contributed by atoms with Gasteiger partial charge in [0.2, 0.25) is 5.95 Å². The van der Waals surface area contributed by atoms with Crippen LogP contribution in [0.2, 0.25) is 0 Å². The maximum Gasteiger partial charge on any atom is 0.229 e. The summed E-state index contributed by atoms with van der Waals surface area (Å²) in [6.45, 7) is 0. The van der Waals surface area contributed by atoms with Crippen LogP contribution in [-0.4, -0.2) is 38.7 Å². The lowest BCUT2D eigenvalue weighted by Crippen LogP contribution is -2.59. The van der Waals surface area contributed by atoms with Crippen LogP contribution < -0.4 is 9.80 Å². The van der Waals surface area contributed by atoms with Gasteiger partial charge in [-0.05, 0) is 100 Å². The van der Waals surface area contributed by atoms with E-state index in [0.29, 0.717) is 24.2 Å². The first-order valence-corrected chi connectivity index (χ1v) is 15.7. The van der Waals surface area contributed by atoms with E-state index in [1.165, 1.54) is 91.8 Å². The minimum absolute atomic E-state index is 0.621. The molecular formula is C34H37N5. The highest BCUT2D eigenvalue weighted by Gasteiger charge is 2.50. The normalized spacial score (nSPS) is 36.1. The van der Waals surface area contributed by atoms with Gasteiger partial charge in [-0.3, -0.25) is 4.57 Å². The van der Waals surface area contributed by atoms with Crippen LogP contribution in [0.4, 0.5) is 11.8 Å². The fraction of sp³-hybridized carbons (Fsp3) is 0.529. The largest absolute Gasteiger partial charge is 0.350 e. The molecule has 5 heteroatoms. The van der Waals surface area contributed by atoms with Gasteiger partial charge >= 0.3 is 0 Å². The number of anilines is 2. The van der Waals surface area contributed by atoms with E-state index < -0.39 is 0 Å². The number of rotatable bonds is 3. The maximum absolute atomic E-state index is 5.52. The third-order valence-electron chi connectivity index (χ3n) is 11.7. The van der Waals surface area contributed by atoms with Crippen LogP contribution in [0.5, 0.6) is 0 Å². The maximum atomic E-state index is 5.52. The van der Waals surface area contributed by atoms with Crippen LogP contribution in [0.1, 0.15) is 64.2 Å². The van der Waals surface area contributed by atoms with Crippen LogP contribution in [0.15, 0.2) is 54.6 Å². The molecule has 0 atom stereocenters. The fourth-order valence-electron chi connectivity index (χ4n) is 10.7. The number of nitrogens with zero attached hydrogens (tertiary/aromatic N) is 5. The number of benzene rings is 2. The molecule has 2 aromatic heterocycles. The third kappa shape index (κ3) is 3.08. The topological polar surface area (TPSA) is 37.2 Å². The van der Waals surface area contributed by atoms with E-state index in [0.717, 1.165) is 35.4 Å². The van der Waals surface area contributed by atoms with E-state index in [-0.39, 0.29) is 0 Å². The number of hydrogen-bond donors (Lipinski definition) is 0. The highest BCUT2D eigenvalue weighted by Crippen LogP contribution is 2.52. The number of hydrogen-bond acceptors (Lipinski definition) is 4. The van der Waals surface area contributed by atoms with Crippen LogP contribution >= 0.6 is 0 Å². The van der Waals surface area contributed by atoms with Crippen LogP contribution in [-0.2, 0) is 0 Å². The average Bonchev–Trinajstić information content (AvgIpc) is 3.26. The minimum Gasteiger partial charge on any atom is -0.350 e. The molecule has 0 amide bonds. The second-order valence-corrected chi connectivity index (χ2v) is 14.0. The molecule has 0 unspecified atom stereocenters. The number of piperidine rings is 4. The zero-order valence-electron chi connectivity index (χ0n) is 22.6. The van der Waals surface area contributed by atoms with E-state index in [1.54, 1.807) is 0 Å². The van der Waals surface area contributed by atoms with Gasteiger partial charge in [0.05, 0.1) is 11.0 Å². The molecule has 4 aromatic rings. The molecule has 5 nitrogen and oxygen atoms in total. The molecule has 8 bridgehead atoms. The number of fused-ring (bicyclic) bond motifs is 3. The van der Waals surface area contributed by atoms with Crippen molar-refractivity contribution in [2.75, 3.05) is 9.80 Å². The van der Waals surface area contributed by atoms with Gasteiger partial charge in [0, 0.05) is 41.0 Å². The van der Waals surface area contributed by atoms with Gasteiger partial charge in [0.15, 0.2) is 0 Å². The fourth-order valence-corrected chi connectivity index (χ4v) is 10.7. The first kappa shape index (κ1) is 21.7. The molecule has 2 aromatic carbocycles. The Labute approximate surface area is 230 Å². The molecule has 6 heterocycles. The Morgan fingerprint density at radius 3 is 1.44 bits per heavy atom. The molecule has 8 aliphatic rings. The molecular weight excluding hydrogens is 478 g/mol. The van der Waals surface area contributed by atoms with Crippen molar-refractivity contribution in [1.29, 1.82) is 0 Å². The molecule has 0 spiro atoms. The molecule has 0 N–H and O–H groups in total. The summed E-state index contributed by atoms with van der Waals surface area (Å²) in [5.74, 6) is 6.99. The molecule has 198 valence electrons. The molecule has 4 aliphatic carbocycles. The molecule has 4 saturated heterocycles. The van der Waals surface area contributed by atoms with Crippen molar-refractivity contribution in [2.24, 2.45) is 23.7 Å². The Kier molecular flexibility index (Phi) is 4.32. The highest BCUT2D eigenvalue weighted by molar-refractivity contribution is 6.09. The second-order valence-electron chi connectivity index (χ2n) is 14.0. The van der Waals surface area contributed by atoms with Gasteiger partial charge in [0.25, 0.3) is 0 Å². The highest BCUT2D eigenvalue weighted by atomic mass is 15.4. The Balaban J connectivity index is 1.19. The number of aromatic nitrogens is 3. The van der Waals surface area contributed by atoms with E-state index in [2.05, 4.69) is 69.0 Å². The number of para-hydroxylation sites is 2. The SMILES string of the molecule is c1ccc2c(c1)c1ccccc1n2-c1cc(N2C3CC4CC(C3)CC2C4)nc(N2C3CC4CC(C3)CC2C4)n1. The second kappa shape index (κ2) is 7.77. The van der Waals surface area contributed by atoms with Crippen LogP contribution in [0.3, 0.4) is 0 Å². The standard InChI is InChI=1S/C34H37N5/c1-3-7-30-28(5-1)29-6-2-4-8-31(29)39(30)33-19-32(37-24-11-20-9-21(13-24)14-25(37)12-20)35-34(36-33)38-26-15-22-10-23(17-26)18-27(38)16-22/h1-8,19-27H,9-18H2. The van der Waals surface area contributed by atoms with Gasteiger partial charge in [-0.25, -0.2) is 0 Å². The van der Waals surface area contributed by atoms with Gasteiger partial charge in [-0.1, -0.05) is 36.4 Å². The van der Waals surface area contributed by atoms with Crippen molar-refractivity contribution in [3.63, 3.8) is 0 Å². The van der Waals surface area contributed by atoms with E-state index in [4.69, 9.17) is 9.97 Å². The molecule has 0 radical (unpaired) electrons. The van der Waals surface area contributed by atoms with E-state index in [1.807, 2.05) is 0 Å². The summed E-state index contributed by atoms with van der Waals surface area (Å²) in [7, 11) is 0. The lowest BCUT2D eigenvalue weighted by atomic mass is 9.63. The van der Waals surface area contributed by atoms with E-state index >= 15 is 0 Å². The first-order valence-electron chi connectivity index (χ1n) is 15.7. The molecule has 39 heavy (non-hydrogen) atoms. The Morgan fingerprint density at radius 2 is 0.923 bits per heavy atom. The smallest absolute Gasteiger partial charge is 0.229 e. The summed E-state index contributed by atoms with van der Waals surface area (Å²) in [6.07, 6.45) is 13.7. The van der Waals surface area contributed by atoms with Gasteiger partial charge in [-0.15, -0.1) is 0 Å². The monoisotopic (exact) mass is 515 g/mol. The molecule has 4 aliphatic heterocycles. The lowest BCUT2D eigenvalue weighted by Gasteiger charge is -2.58. The third-order valence-corrected chi connectivity index (χ3v) is 11.7. The zero-order chi connectivity index (χ0) is 25.2. The minimum atomic E-state index is 0.621. The first-order chi connectivity index (χ1) is 19.2. The van der Waals surface area contributed by atoms with Crippen LogP contribution in [0, 0.1) is 23.7 Å². The Bertz CT molecular complexity index is 1450. The predicted octanol–water partition coefficient (Wildman–Crippen LogP) is 7.11. The van der Waals surface area contributed by atoms with Crippen molar-refractivity contribution >= 4 is 33.6 Å². The van der Waals surface area contributed by atoms with Crippen molar-refractivity contribution in [2.45, 2.75) is 88.4 Å². The molecule has 4 saturated carbocycles. The summed E-state index contributed by atoms with van der Waals surface area (Å²) in [4.78, 5) is 16.5. The summed E-state index contributed by atoms with van der Waals surface area (Å²) in [5.41, 5.74) is 2.49. The van der Waals surface area contributed by atoms with Crippen LogP contribution in [0.25, 0.3) is 27.6 Å². The molecule has 12 rings (SSSR count). The van der Waals surface area contributed by atoms with Gasteiger partial charge < -0.3 is 9.80 Å². The summed E-state index contributed by atoms with van der Waals surface area (Å²) in [6, 6.07) is 22.6. The summed E-state index contributed by atoms with van der Waals surface area (Å²) < 4.78 is 2.42. The predicted molar refractivity (Wildman–Crippen MR) is 157 cm³/mol. The summed E-state index contributed by atoms with van der Waals surface area (Å²) in [5, 5.41) is 2.61. The quantitative estimate of drug-likeness (QED) is 0.291. The summed E-state index contributed by atoms with van der Waals surface area (Å²) >= 11 is 0. The van der Waals surface area contributed by atoms with Gasteiger partial charge in [0.1, 0.15) is 11.6 Å². The van der Waals surface area contributed by atoms with Crippen molar-refractivity contribution in [3.8, 4) is 5.82 Å².